The minimum atomic E-state index is -3.47. The van der Waals surface area contributed by atoms with Gasteiger partial charge in [0, 0.05) is 23.4 Å². The zero-order chi connectivity index (χ0) is 20.5. The molecule has 1 amide bonds. The average molecular weight is 484 g/mol. The Morgan fingerprint density at radius 3 is 2.71 bits per heavy atom. The Labute approximate surface area is 175 Å². The summed E-state index contributed by atoms with van der Waals surface area (Å²) in [4.78, 5) is 13.2. The van der Waals surface area contributed by atoms with Gasteiger partial charge in [-0.25, -0.2) is 17.4 Å². The second-order valence-electron chi connectivity index (χ2n) is 6.11. The third-order valence-electron chi connectivity index (χ3n) is 3.96. The van der Waals surface area contributed by atoms with Gasteiger partial charge in [0.1, 0.15) is 4.21 Å². The maximum atomic E-state index is 12.5. The Bertz CT molecular complexity index is 1120. The van der Waals surface area contributed by atoms with E-state index < -0.39 is 10.0 Å². The van der Waals surface area contributed by atoms with Gasteiger partial charge in [-0.2, -0.15) is 0 Å². The van der Waals surface area contributed by atoms with Gasteiger partial charge in [0.05, 0.1) is 17.9 Å². The van der Waals surface area contributed by atoms with Crippen LogP contribution >= 0.6 is 27.3 Å². The zero-order valence-corrected chi connectivity index (χ0v) is 18.6. The second kappa shape index (κ2) is 8.11. The van der Waals surface area contributed by atoms with E-state index in [2.05, 4.69) is 31.6 Å². The van der Waals surface area contributed by atoms with Crippen molar-refractivity contribution in [2.75, 3.05) is 14.1 Å². The fourth-order valence-corrected chi connectivity index (χ4v) is 5.27. The number of hydrogen-bond donors (Lipinski definition) is 1. The molecule has 2 heterocycles. The molecule has 8 nitrogen and oxygen atoms in total. The summed E-state index contributed by atoms with van der Waals surface area (Å²) >= 11 is 4.53. The molecule has 0 unspecified atom stereocenters. The molecule has 28 heavy (non-hydrogen) atoms. The van der Waals surface area contributed by atoms with Crippen molar-refractivity contribution in [2.45, 2.75) is 17.7 Å². The van der Waals surface area contributed by atoms with Crippen LogP contribution in [0.15, 0.2) is 45.1 Å². The van der Waals surface area contributed by atoms with E-state index in [-0.39, 0.29) is 22.4 Å². The first-order chi connectivity index (χ1) is 13.2. The highest BCUT2D eigenvalue weighted by Gasteiger charge is 2.21. The van der Waals surface area contributed by atoms with Crippen LogP contribution in [0.3, 0.4) is 0 Å². The number of aromatic nitrogens is 3. The van der Waals surface area contributed by atoms with Gasteiger partial charge in [0.25, 0.3) is 15.9 Å². The number of nitrogens with one attached hydrogen (secondary N) is 1. The fraction of sp³-hybridized carbons (Fsp3) is 0.235. The Morgan fingerprint density at radius 2 is 2.04 bits per heavy atom. The SMILES string of the molecule is Cc1c(C(=O)NCc2ccc(S(=O)(=O)N(C)C)s2)nnn1-c1cccc(Br)c1. The molecule has 1 aromatic carbocycles. The van der Waals surface area contributed by atoms with Crippen LogP contribution in [0.5, 0.6) is 0 Å². The lowest BCUT2D eigenvalue weighted by Crippen LogP contribution is -2.23. The maximum absolute atomic E-state index is 12.5. The van der Waals surface area contributed by atoms with Gasteiger partial charge < -0.3 is 5.32 Å². The van der Waals surface area contributed by atoms with Crippen molar-refractivity contribution in [3.63, 3.8) is 0 Å². The number of halogens is 1. The lowest BCUT2D eigenvalue weighted by Gasteiger charge is -2.08. The number of thiophene rings is 1. The van der Waals surface area contributed by atoms with Crippen LogP contribution in [0.2, 0.25) is 0 Å². The van der Waals surface area contributed by atoms with E-state index in [9.17, 15) is 13.2 Å². The van der Waals surface area contributed by atoms with Crippen LogP contribution in [0, 0.1) is 6.92 Å². The van der Waals surface area contributed by atoms with Crippen molar-refractivity contribution in [2.24, 2.45) is 0 Å². The molecule has 0 atom stereocenters. The number of amides is 1. The lowest BCUT2D eigenvalue weighted by atomic mass is 10.3. The smallest absolute Gasteiger partial charge is 0.274 e. The number of benzene rings is 1. The summed E-state index contributed by atoms with van der Waals surface area (Å²) in [5.41, 5.74) is 1.62. The van der Waals surface area contributed by atoms with Gasteiger partial charge >= 0.3 is 0 Å². The van der Waals surface area contributed by atoms with Gasteiger partial charge in [-0.3, -0.25) is 4.79 Å². The minimum absolute atomic E-state index is 0.204. The third-order valence-corrected chi connectivity index (χ3v) is 7.82. The van der Waals surface area contributed by atoms with E-state index in [1.807, 2.05) is 24.3 Å². The van der Waals surface area contributed by atoms with E-state index in [1.165, 1.54) is 20.2 Å². The molecule has 0 spiro atoms. The molecule has 0 radical (unpaired) electrons. The number of carbonyl (C=O) groups excluding carboxylic acids is 1. The molecule has 0 fully saturated rings. The Hall–Kier alpha value is -2.08. The summed E-state index contributed by atoms with van der Waals surface area (Å²) in [6, 6.07) is 10.7. The largest absolute Gasteiger partial charge is 0.346 e. The van der Waals surface area contributed by atoms with Crippen molar-refractivity contribution >= 4 is 43.2 Å². The predicted molar refractivity (Wildman–Crippen MR) is 110 cm³/mol. The van der Waals surface area contributed by atoms with Crippen LogP contribution in [0.25, 0.3) is 5.69 Å². The maximum Gasteiger partial charge on any atom is 0.274 e. The van der Waals surface area contributed by atoms with E-state index in [1.54, 1.807) is 17.7 Å². The normalized spacial score (nSPS) is 11.8. The number of sulfonamides is 1. The van der Waals surface area contributed by atoms with Gasteiger partial charge in [0.15, 0.2) is 5.69 Å². The molecule has 2 aromatic heterocycles. The summed E-state index contributed by atoms with van der Waals surface area (Å²) in [5.74, 6) is -0.371. The standard InChI is InChI=1S/C17H18BrN5O3S2/c1-11-16(20-21-23(11)13-6-4-5-12(18)9-13)17(24)19-10-14-7-8-15(27-14)28(25,26)22(2)3/h4-9H,10H2,1-3H3,(H,19,24). The van der Waals surface area contributed by atoms with E-state index in [0.717, 1.165) is 30.7 Å². The highest BCUT2D eigenvalue weighted by molar-refractivity contribution is 9.10. The molecule has 0 aliphatic rings. The summed E-state index contributed by atoms with van der Waals surface area (Å²) in [7, 11) is -0.515. The van der Waals surface area contributed by atoms with Crippen molar-refractivity contribution < 1.29 is 13.2 Å². The van der Waals surface area contributed by atoms with Gasteiger partial charge in [0.2, 0.25) is 0 Å². The van der Waals surface area contributed by atoms with E-state index in [4.69, 9.17) is 0 Å². The molecule has 3 rings (SSSR count). The summed E-state index contributed by atoms with van der Waals surface area (Å²) in [6.07, 6.45) is 0. The molecule has 0 bridgehead atoms. The lowest BCUT2D eigenvalue weighted by molar-refractivity contribution is 0.0945. The number of hydrogen-bond acceptors (Lipinski definition) is 6. The van der Waals surface area contributed by atoms with Crippen LogP contribution in [-0.4, -0.2) is 47.7 Å². The summed E-state index contributed by atoms with van der Waals surface area (Å²) in [6.45, 7) is 1.97. The monoisotopic (exact) mass is 483 g/mol. The number of rotatable bonds is 6. The van der Waals surface area contributed by atoms with Crippen LogP contribution < -0.4 is 5.32 Å². The van der Waals surface area contributed by atoms with E-state index in [0.29, 0.717) is 5.69 Å². The highest BCUT2D eigenvalue weighted by atomic mass is 79.9. The Balaban J connectivity index is 1.72. The molecule has 0 saturated heterocycles. The van der Waals surface area contributed by atoms with E-state index >= 15 is 0 Å². The topological polar surface area (TPSA) is 97.2 Å². The zero-order valence-electron chi connectivity index (χ0n) is 15.4. The van der Waals surface area contributed by atoms with Gasteiger partial charge in [-0.05, 0) is 37.3 Å². The molecule has 148 valence electrons. The summed E-state index contributed by atoms with van der Waals surface area (Å²) < 4.78 is 28.1. The minimum Gasteiger partial charge on any atom is -0.346 e. The molecule has 3 aromatic rings. The molecule has 0 aliphatic heterocycles. The van der Waals surface area contributed by atoms with Crippen LogP contribution in [-0.2, 0) is 16.6 Å². The third kappa shape index (κ3) is 4.17. The molecular weight excluding hydrogens is 466 g/mol. The van der Waals surface area contributed by atoms with Gasteiger partial charge in [-0.1, -0.05) is 27.2 Å². The average Bonchev–Trinajstić information content (AvgIpc) is 3.26. The second-order valence-corrected chi connectivity index (χ2v) is 10.6. The molecule has 0 saturated carbocycles. The first-order valence-electron chi connectivity index (χ1n) is 8.18. The number of carbonyl (C=O) groups is 1. The Morgan fingerprint density at radius 1 is 1.29 bits per heavy atom. The van der Waals surface area contributed by atoms with Crippen molar-refractivity contribution in [3.05, 3.63) is 57.1 Å². The van der Waals surface area contributed by atoms with Crippen LogP contribution in [0.1, 0.15) is 21.1 Å². The molecular formula is C17H18BrN5O3S2. The molecule has 0 aliphatic carbocycles. The summed E-state index contributed by atoms with van der Waals surface area (Å²) in [5, 5.41) is 10.8. The van der Waals surface area contributed by atoms with Crippen LogP contribution in [0.4, 0.5) is 0 Å². The predicted octanol–water partition coefficient (Wildman–Crippen LogP) is 2.58. The highest BCUT2D eigenvalue weighted by Crippen LogP contribution is 2.24. The quantitative estimate of drug-likeness (QED) is 0.580. The molecule has 11 heteroatoms. The Kier molecular flexibility index (Phi) is 5.98. The van der Waals surface area contributed by atoms with Gasteiger partial charge in [-0.15, -0.1) is 16.4 Å². The number of nitrogens with zero attached hydrogens (tertiary/aromatic N) is 4. The fourth-order valence-electron chi connectivity index (χ4n) is 2.42. The first kappa shape index (κ1) is 20.6. The van der Waals surface area contributed by atoms with Crippen molar-refractivity contribution in [3.8, 4) is 5.69 Å². The van der Waals surface area contributed by atoms with Crippen molar-refractivity contribution in [1.82, 2.24) is 24.6 Å². The first-order valence-corrected chi connectivity index (χ1v) is 11.2. The van der Waals surface area contributed by atoms with Crippen molar-refractivity contribution in [1.29, 1.82) is 0 Å². The molecule has 1 N–H and O–H groups in total.